The molecule has 2 nitrogen and oxygen atoms in total. The van der Waals surface area contributed by atoms with E-state index in [0.717, 1.165) is 27.4 Å². The van der Waals surface area contributed by atoms with Crippen LogP contribution in [0, 0.1) is 0 Å². The van der Waals surface area contributed by atoms with E-state index in [9.17, 15) is 0 Å². The van der Waals surface area contributed by atoms with Crippen molar-refractivity contribution in [1.29, 1.82) is 0 Å². The van der Waals surface area contributed by atoms with Gasteiger partial charge in [0.05, 0.1) is 11.4 Å². The zero-order valence-electron chi connectivity index (χ0n) is 9.09. The van der Waals surface area contributed by atoms with Gasteiger partial charge in [-0.15, -0.1) is 0 Å². The molecule has 84 valence electrons. The van der Waals surface area contributed by atoms with E-state index in [0.29, 0.717) is 6.04 Å². The lowest BCUT2D eigenvalue weighted by Gasteiger charge is -2.16. The maximum atomic E-state index is 5.88. The summed E-state index contributed by atoms with van der Waals surface area (Å²) < 4.78 is 1.05. The molecule has 0 aromatic heterocycles. The minimum absolute atomic E-state index is 0.437. The Bertz CT molecular complexity index is 317. The summed E-state index contributed by atoms with van der Waals surface area (Å²) in [5.41, 5.74) is 7.68. The monoisotopic (exact) mass is 288 g/mol. The molecule has 1 aromatic carbocycles. The third-order valence-corrected chi connectivity index (χ3v) is 3.63. The van der Waals surface area contributed by atoms with Crippen LogP contribution in [0.3, 0.4) is 0 Å². The number of thioether (sulfide) groups is 1. The number of nitrogen functional groups attached to an aromatic ring is 1. The summed E-state index contributed by atoms with van der Waals surface area (Å²) >= 11 is 5.37. The maximum Gasteiger partial charge on any atom is 0.0587 e. The van der Waals surface area contributed by atoms with Gasteiger partial charge in [-0.05, 0) is 30.9 Å². The largest absolute Gasteiger partial charge is 0.397 e. The SMILES string of the molecule is CCSCC(C)Nc1cc(Br)ccc1N. The van der Waals surface area contributed by atoms with Crippen LogP contribution < -0.4 is 11.1 Å². The molecule has 1 rings (SSSR count). The maximum absolute atomic E-state index is 5.88. The normalized spacial score (nSPS) is 12.5. The topological polar surface area (TPSA) is 38.0 Å². The van der Waals surface area contributed by atoms with Gasteiger partial charge in [-0.3, -0.25) is 0 Å². The molecule has 0 heterocycles. The standard InChI is InChI=1S/C11H17BrN2S/c1-3-15-7-8(2)14-11-6-9(12)4-5-10(11)13/h4-6,8,14H,3,7,13H2,1-2H3. The molecule has 0 aliphatic carbocycles. The summed E-state index contributed by atoms with van der Waals surface area (Å²) in [4.78, 5) is 0. The van der Waals surface area contributed by atoms with E-state index in [4.69, 9.17) is 5.73 Å². The first-order valence-corrected chi connectivity index (χ1v) is 6.97. The van der Waals surface area contributed by atoms with Crippen LogP contribution in [0.15, 0.2) is 22.7 Å². The average Bonchev–Trinajstić information content (AvgIpc) is 2.20. The van der Waals surface area contributed by atoms with Crippen LogP contribution in [-0.4, -0.2) is 17.5 Å². The molecule has 4 heteroatoms. The van der Waals surface area contributed by atoms with Crippen molar-refractivity contribution in [3.05, 3.63) is 22.7 Å². The molecule has 0 aliphatic rings. The highest BCUT2D eigenvalue weighted by Crippen LogP contribution is 2.24. The van der Waals surface area contributed by atoms with Crippen molar-refractivity contribution >= 4 is 39.1 Å². The van der Waals surface area contributed by atoms with Crippen LogP contribution in [0.2, 0.25) is 0 Å². The Morgan fingerprint density at radius 2 is 2.27 bits per heavy atom. The minimum Gasteiger partial charge on any atom is -0.397 e. The number of nitrogens with one attached hydrogen (secondary N) is 1. The fourth-order valence-corrected chi connectivity index (χ4v) is 2.29. The predicted molar refractivity (Wildman–Crippen MR) is 74.6 cm³/mol. The third-order valence-electron chi connectivity index (χ3n) is 1.99. The molecule has 1 aromatic rings. The molecule has 0 aliphatic heterocycles. The number of benzene rings is 1. The third kappa shape index (κ3) is 4.34. The van der Waals surface area contributed by atoms with Gasteiger partial charge in [-0.1, -0.05) is 22.9 Å². The van der Waals surface area contributed by atoms with Crippen molar-refractivity contribution < 1.29 is 0 Å². The highest BCUT2D eigenvalue weighted by atomic mass is 79.9. The van der Waals surface area contributed by atoms with Crippen molar-refractivity contribution in [3.63, 3.8) is 0 Å². The Balaban J connectivity index is 2.59. The highest BCUT2D eigenvalue weighted by Gasteiger charge is 2.04. The lowest BCUT2D eigenvalue weighted by Crippen LogP contribution is -2.18. The van der Waals surface area contributed by atoms with Crippen molar-refractivity contribution in [2.45, 2.75) is 19.9 Å². The van der Waals surface area contributed by atoms with Gasteiger partial charge in [0.25, 0.3) is 0 Å². The Morgan fingerprint density at radius 3 is 2.93 bits per heavy atom. The van der Waals surface area contributed by atoms with Crippen LogP contribution in [0.1, 0.15) is 13.8 Å². The minimum atomic E-state index is 0.437. The molecule has 0 fully saturated rings. The van der Waals surface area contributed by atoms with Crippen molar-refractivity contribution in [2.24, 2.45) is 0 Å². The lowest BCUT2D eigenvalue weighted by molar-refractivity contribution is 0.914. The van der Waals surface area contributed by atoms with E-state index in [1.165, 1.54) is 0 Å². The zero-order valence-corrected chi connectivity index (χ0v) is 11.5. The Labute approximate surface area is 104 Å². The van der Waals surface area contributed by atoms with E-state index in [-0.39, 0.29) is 0 Å². The second kappa shape index (κ2) is 6.28. The van der Waals surface area contributed by atoms with Crippen LogP contribution in [0.25, 0.3) is 0 Å². The van der Waals surface area contributed by atoms with Crippen molar-refractivity contribution in [2.75, 3.05) is 22.6 Å². The number of hydrogen-bond donors (Lipinski definition) is 2. The number of nitrogens with two attached hydrogens (primary N) is 1. The molecule has 3 N–H and O–H groups in total. The molecule has 0 saturated heterocycles. The first-order valence-electron chi connectivity index (χ1n) is 5.02. The number of anilines is 2. The fourth-order valence-electron chi connectivity index (χ4n) is 1.26. The van der Waals surface area contributed by atoms with E-state index in [1.54, 1.807) is 0 Å². The second-order valence-corrected chi connectivity index (χ2v) is 5.67. The Hall–Kier alpha value is -0.350. The van der Waals surface area contributed by atoms with E-state index in [2.05, 4.69) is 35.1 Å². The Kier molecular flexibility index (Phi) is 5.32. The van der Waals surface area contributed by atoms with Gasteiger partial charge < -0.3 is 11.1 Å². The summed E-state index contributed by atoms with van der Waals surface area (Å²) in [5.74, 6) is 2.25. The van der Waals surface area contributed by atoms with Crippen LogP contribution in [0.4, 0.5) is 11.4 Å². The highest BCUT2D eigenvalue weighted by molar-refractivity contribution is 9.10. The van der Waals surface area contributed by atoms with E-state index >= 15 is 0 Å². The van der Waals surface area contributed by atoms with Crippen molar-refractivity contribution in [3.8, 4) is 0 Å². The summed E-state index contributed by atoms with van der Waals surface area (Å²) in [6.45, 7) is 4.34. The van der Waals surface area contributed by atoms with Gasteiger partial charge >= 0.3 is 0 Å². The molecule has 1 unspecified atom stereocenters. The van der Waals surface area contributed by atoms with Gasteiger partial charge in [0.2, 0.25) is 0 Å². The first-order chi connectivity index (χ1) is 7.13. The fraction of sp³-hybridized carbons (Fsp3) is 0.455. The van der Waals surface area contributed by atoms with Gasteiger partial charge in [0.15, 0.2) is 0 Å². The van der Waals surface area contributed by atoms with Gasteiger partial charge in [0, 0.05) is 16.3 Å². The number of halogens is 1. The molecule has 0 amide bonds. The zero-order chi connectivity index (χ0) is 11.3. The smallest absolute Gasteiger partial charge is 0.0587 e. The van der Waals surface area contributed by atoms with Gasteiger partial charge in [0.1, 0.15) is 0 Å². The second-order valence-electron chi connectivity index (χ2n) is 3.44. The molecule has 0 spiro atoms. The van der Waals surface area contributed by atoms with Crippen LogP contribution in [0.5, 0.6) is 0 Å². The quantitative estimate of drug-likeness (QED) is 0.814. The Morgan fingerprint density at radius 1 is 1.53 bits per heavy atom. The van der Waals surface area contributed by atoms with E-state index in [1.807, 2.05) is 30.0 Å². The van der Waals surface area contributed by atoms with Gasteiger partial charge in [-0.25, -0.2) is 0 Å². The molecule has 15 heavy (non-hydrogen) atoms. The number of rotatable bonds is 5. The number of hydrogen-bond acceptors (Lipinski definition) is 3. The summed E-state index contributed by atoms with van der Waals surface area (Å²) in [6.07, 6.45) is 0. The molecule has 0 saturated carbocycles. The van der Waals surface area contributed by atoms with Gasteiger partial charge in [-0.2, -0.15) is 11.8 Å². The average molecular weight is 289 g/mol. The molecular weight excluding hydrogens is 272 g/mol. The van der Waals surface area contributed by atoms with E-state index < -0.39 is 0 Å². The summed E-state index contributed by atoms with van der Waals surface area (Å²) in [6, 6.07) is 6.31. The molecular formula is C11H17BrN2S. The molecule has 1 atom stereocenters. The summed E-state index contributed by atoms with van der Waals surface area (Å²) in [5, 5.41) is 3.41. The molecule has 0 bridgehead atoms. The van der Waals surface area contributed by atoms with Crippen LogP contribution >= 0.6 is 27.7 Å². The van der Waals surface area contributed by atoms with Crippen molar-refractivity contribution in [1.82, 2.24) is 0 Å². The lowest BCUT2D eigenvalue weighted by atomic mass is 10.2. The first kappa shape index (κ1) is 12.7. The summed E-state index contributed by atoms with van der Waals surface area (Å²) in [7, 11) is 0. The molecule has 0 radical (unpaired) electrons. The predicted octanol–water partition coefficient (Wildman–Crippen LogP) is 3.58. The van der Waals surface area contributed by atoms with Crippen LogP contribution in [-0.2, 0) is 0 Å².